The maximum atomic E-state index is 12.7. The van der Waals surface area contributed by atoms with Gasteiger partial charge in [-0.05, 0) is 48.0 Å². The normalized spacial score (nSPS) is 19.0. The molecule has 4 aromatic rings. The molecule has 1 fully saturated rings. The Kier molecular flexibility index (Phi) is 4.86. The average molecular weight is 493 g/mol. The molecule has 0 saturated carbocycles. The van der Waals surface area contributed by atoms with Crippen molar-refractivity contribution in [2.24, 2.45) is 7.05 Å². The largest absolute Gasteiger partial charge is 0.363 e. The Hall–Kier alpha value is -3.45. The van der Waals surface area contributed by atoms with E-state index in [9.17, 15) is 10.1 Å². The van der Waals surface area contributed by atoms with Gasteiger partial charge in [-0.2, -0.15) is 10.4 Å². The van der Waals surface area contributed by atoms with Gasteiger partial charge in [-0.3, -0.25) is 4.79 Å². The first-order valence-corrected chi connectivity index (χ1v) is 11.1. The molecule has 0 radical (unpaired) electrons. The zero-order chi connectivity index (χ0) is 22.6. The van der Waals surface area contributed by atoms with E-state index in [0.29, 0.717) is 23.3 Å². The Morgan fingerprint density at radius 1 is 1.12 bits per heavy atom. The molecule has 5 heterocycles. The first-order valence-electron chi connectivity index (χ1n) is 10.3. The second kappa shape index (κ2) is 7.60. The summed E-state index contributed by atoms with van der Waals surface area (Å²) in [6.45, 7) is 5.69. The molecule has 4 aromatic heterocycles. The van der Waals surface area contributed by atoms with Gasteiger partial charge in [0.2, 0.25) is 0 Å². The van der Waals surface area contributed by atoms with Crippen LogP contribution in [0, 0.1) is 11.3 Å². The number of aromatic nitrogens is 5. The molecule has 5 rings (SSSR count). The van der Waals surface area contributed by atoms with E-state index in [4.69, 9.17) is 4.98 Å². The van der Waals surface area contributed by atoms with Gasteiger partial charge in [0.1, 0.15) is 23.1 Å². The third-order valence-corrected chi connectivity index (χ3v) is 6.64. The lowest BCUT2D eigenvalue weighted by atomic mass is 10.1. The standard InChI is InChI=1S/C22H21BrN8O/c1-13-12-30(19-6-7-31-22(27-19)16(23)10-25-31)14(2)11-29(13)18-8-20(32)28(3)17-5-4-15(9-24)26-21(17)18/h4-8,10,13-14H,11-12H2,1-3H3/t13-,14+/m0/s1. The summed E-state index contributed by atoms with van der Waals surface area (Å²) in [7, 11) is 1.72. The summed E-state index contributed by atoms with van der Waals surface area (Å²) in [5, 5.41) is 13.6. The van der Waals surface area contributed by atoms with Crippen molar-refractivity contribution >= 4 is 44.1 Å². The van der Waals surface area contributed by atoms with Crippen LogP contribution in [0.1, 0.15) is 19.5 Å². The van der Waals surface area contributed by atoms with E-state index in [1.807, 2.05) is 12.3 Å². The van der Waals surface area contributed by atoms with E-state index in [0.717, 1.165) is 28.2 Å². The highest BCUT2D eigenvalue weighted by Gasteiger charge is 2.32. The molecule has 0 bridgehead atoms. The summed E-state index contributed by atoms with van der Waals surface area (Å²) < 4.78 is 4.16. The van der Waals surface area contributed by atoms with Gasteiger partial charge in [-0.25, -0.2) is 14.5 Å². The van der Waals surface area contributed by atoms with Crippen LogP contribution < -0.4 is 15.4 Å². The fraction of sp³-hybridized carbons (Fsp3) is 0.318. The molecule has 10 heteroatoms. The van der Waals surface area contributed by atoms with Crippen LogP contribution in [-0.4, -0.2) is 49.3 Å². The smallest absolute Gasteiger partial charge is 0.252 e. The number of anilines is 2. The van der Waals surface area contributed by atoms with E-state index in [-0.39, 0.29) is 17.6 Å². The molecule has 1 aliphatic rings. The maximum Gasteiger partial charge on any atom is 0.252 e. The van der Waals surface area contributed by atoms with E-state index < -0.39 is 0 Å². The number of fused-ring (bicyclic) bond motifs is 2. The van der Waals surface area contributed by atoms with Crippen LogP contribution in [0.2, 0.25) is 0 Å². The SMILES string of the molecule is C[C@@H]1CN(c2cc(=O)n(C)c3ccc(C#N)nc23)[C@@H](C)CN1c1ccn2ncc(Br)c2n1. The van der Waals surface area contributed by atoms with Gasteiger partial charge in [-0.1, -0.05) is 0 Å². The predicted octanol–water partition coefficient (Wildman–Crippen LogP) is 2.71. The van der Waals surface area contributed by atoms with Crippen LogP contribution in [0.15, 0.2) is 45.9 Å². The molecular formula is C22H21BrN8O. The second-order valence-electron chi connectivity index (χ2n) is 8.15. The van der Waals surface area contributed by atoms with Crippen molar-refractivity contribution in [3.63, 3.8) is 0 Å². The van der Waals surface area contributed by atoms with Crippen molar-refractivity contribution in [2.45, 2.75) is 25.9 Å². The fourth-order valence-electron chi connectivity index (χ4n) is 4.37. The zero-order valence-corrected chi connectivity index (χ0v) is 19.5. The van der Waals surface area contributed by atoms with E-state index in [1.54, 1.807) is 40.5 Å². The van der Waals surface area contributed by atoms with Gasteiger partial charge < -0.3 is 14.4 Å². The van der Waals surface area contributed by atoms with E-state index in [2.05, 4.69) is 55.7 Å². The number of rotatable bonds is 2. The Morgan fingerprint density at radius 2 is 1.88 bits per heavy atom. The first kappa shape index (κ1) is 20.5. The van der Waals surface area contributed by atoms with E-state index >= 15 is 0 Å². The molecule has 0 aliphatic carbocycles. The van der Waals surface area contributed by atoms with Crippen molar-refractivity contribution < 1.29 is 0 Å². The van der Waals surface area contributed by atoms with Gasteiger partial charge in [0.05, 0.1) is 21.9 Å². The van der Waals surface area contributed by atoms with Crippen molar-refractivity contribution in [1.82, 2.24) is 24.1 Å². The number of halogens is 1. The minimum Gasteiger partial charge on any atom is -0.363 e. The number of aryl methyl sites for hydroxylation is 1. The topological polar surface area (TPSA) is 95.3 Å². The minimum atomic E-state index is -0.0982. The summed E-state index contributed by atoms with van der Waals surface area (Å²) in [4.78, 5) is 26.5. The minimum absolute atomic E-state index is 0.0976. The van der Waals surface area contributed by atoms with Crippen LogP contribution in [-0.2, 0) is 7.05 Å². The third-order valence-electron chi connectivity index (χ3n) is 6.08. The zero-order valence-electron chi connectivity index (χ0n) is 17.9. The first-order chi connectivity index (χ1) is 15.4. The summed E-state index contributed by atoms with van der Waals surface area (Å²) in [6, 6.07) is 9.38. The molecule has 0 unspecified atom stereocenters. The lowest BCUT2D eigenvalue weighted by Gasteiger charge is -2.46. The molecular weight excluding hydrogens is 472 g/mol. The molecule has 0 aromatic carbocycles. The molecule has 0 amide bonds. The highest BCUT2D eigenvalue weighted by molar-refractivity contribution is 9.10. The Bertz CT molecular complexity index is 1450. The Labute approximate surface area is 192 Å². The fourth-order valence-corrected chi connectivity index (χ4v) is 4.73. The summed E-state index contributed by atoms with van der Waals surface area (Å²) >= 11 is 3.51. The van der Waals surface area contributed by atoms with Crippen molar-refractivity contribution in [3.8, 4) is 6.07 Å². The average Bonchev–Trinajstić information content (AvgIpc) is 3.17. The molecule has 0 spiro atoms. The molecule has 162 valence electrons. The van der Waals surface area contributed by atoms with Crippen LogP contribution >= 0.6 is 15.9 Å². The molecule has 32 heavy (non-hydrogen) atoms. The summed E-state index contributed by atoms with van der Waals surface area (Å²) in [5.41, 5.74) is 3.16. The van der Waals surface area contributed by atoms with Crippen LogP contribution in [0.4, 0.5) is 11.5 Å². The third kappa shape index (κ3) is 3.20. The van der Waals surface area contributed by atoms with Gasteiger partial charge >= 0.3 is 0 Å². The van der Waals surface area contributed by atoms with Crippen LogP contribution in [0.3, 0.4) is 0 Å². The molecule has 0 N–H and O–H groups in total. The monoisotopic (exact) mass is 492 g/mol. The van der Waals surface area contributed by atoms with Gasteiger partial charge in [0.25, 0.3) is 5.56 Å². The predicted molar refractivity (Wildman–Crippen MR) is 126 cm³/mol. The number of pyridine rings is 2. The molecule has 1 aliphatic heterocycles. The van der Waals surface area contributed by atoms with Crippen LogP contribution in [0.25, 0.3) is 16.7 Å². The lowest BCUT2D eigenvalue weighted by Crippen LogP contribution is -2.57. The summed E-state index contributed by atoms with van der Waals surface area (Å²) in [5.74, 6) is 0.886. The van der Waals surface area contributed by atoms with Gasteiger partial charge in [0.15, 0.2) is 5.65 Å². The maximum absolute atomic E-state index is 12.7. The number of nitriles is 1. The second-order valence-corrected chi connectivity index (χ2v) is 9.01. The lowest BCUT2D eigenvalue weighted by molar-refractivity contribution is 0.478. The highest BCUT2D eigenvalue weighted by atomic mass is 79.9. The highest BCUT2D eigenvalue weighted by Crippen LogP contribution is 2.30. The molecule has 9 nitrogen and oxygen atoms in total. The summed E-state index contributed by atoms with van der Waals surface area (Å²) in [6.07, 6.45) is 3.65. The Morgan fingerprint density at radius 3 is 2.66 bits per heavy atom. The Balaban J connectivity index is 1.54. The number of hydrogen-bond donors (Lipinski definition) is 0. The van der Waals surface area contributed by atoms with Gasteiger partial charge in [0, 0.05) is 44.5 Å². The van der Waals surface area contributed by atoms with Crippen LogP contribution in [0.5, 0.6) is 0 Å². The van der Waals surface area contributed by atoms with Crippen molar-refractivity contribution in [3.05, 3.63) is 57.2 Å². The quantitative estimate of drug-likeness (QED) is 0.424. The molecule has 2 atom stereocenters. The number of nitrogens with zero attached hydrogens (tertiary/aromatic N) is 8. The van der Waals surface area contributed by atoms with Crippen molar-refractivity contribution in [2.75, 3.05) is 22.9 Å². The van der Waals surface area contributed by atoms with E-state index in [1.165, 1.54) is 0 Å². The number of piperazine rings is 1. The molecule has 1 saturated heterocycles. The number of hydrogen-bond acceptors (Lipinski definition) is 7. The van der Waals surface area contributed by atoms with Gasteiger partial charge in [-0.15, -0.1) is 0 Å². The van der Waals surface area contributed by atoms with Crippen molar-refractivity contribution in [1.29, 1.82) is 5.26 Å².